The summed E-state index contributed by atoms with van der Waals surface area (Å²) in [6, 6.07) is 0. The van der Waals surface area contributed by atoms with Crippen LogP contribution in [0.15, 0.2) is 24.0 Å². The third-order valence-corrected chi connectivity index (χ3v) is 7.75. The van der Waals surface area contributed by atoms with Crippen molar-refractivity contribution >= 4 is 0 Å². The number of hydrogen-bond donors (Lipinski definition) is 1. The molecular weight excluding hydrogens is 384 g/mol. The lowest BCUT2D eigenvalue weighted by Gasteiger charge is -2.42. The maximum absolute atomic E-state index is 10.5. The minimum atomic E-state index is -0.899. The van der Waals surface area contributed by atoms with Crippen LogP contribution < -0.4 is 0 Å². The molecule has 0 saturated heterocycles. The first kappa shape index (κ1) is 26.5. The molecule has 0 aromatic rings. The summed E-state index contributed by atoms with van der Waals surface area (Å²) in [6.07, 6.45) is 15.4. The van der Waals surface area contributed by atoms with Crippen LogP contribution in [0.1, 0.15) is 107 Å². The van der Waals surface area contributed by atoms with Crippen molar-refractivity contribution in [1.29, 1.82) is 0 Å². The van der Waals surface area contributed by atoms with Crippen molar-refractivity contribution in [3.05, 3.63) is 24.0 Å². The lowest BCUT2D eigenvalue weighted by atomic mass is 9.63. The second-order valence-electron chi connectivity index (χ2n) is 12.4. The van der Waals surface area contributed by atoms with Crippen molar-refractivity contribution < 1.29 is 14.6 Å². The van der Waals surface area contributed by atoms with Crippen molar-refractivity contribution in [1.82, 2.24) is 0 Å². The predicted octanol–water partition coefficient (Wildman–Crippen LogP) is 7.65. The Morgan fingerprint density at radius 3 is 2.26 bits per heavy atom. The third kappa shape index (κ3) is 8.24. The molecule has 0 heterocycles. The van der Waals surface area contributed by atoms with Gasteiger partial charge in [-0.3, -0.25) is 0 Å². The highest BCUT2D eigenvalue weighted by molar-refractivity contribution is 5.20. The molecule has 180 valence electrons. The van der Waals surface area contributed by atoms with Crippen molar-refractivity contribution in [2.75, 3.05) is 6.61 Å². The molecule has 0 bridgehead atoms. The molecule has 0 aliphatic heterocycles. The molecule has 2 rings (SSSR count). The van der Waals surface area contributed by atoms with Gasteiger partial charge in [-0.15, -0.1) is 0 Å². The fourth-order valence-corrected chi connectivity index (χ4v) is 5.43. The van der Waals surface area contributed by atoms with Gasteiger partial charge in [-0.1, -0.05) is 73.3 Å². The highest BCUT2D eigenvalue weighted by atomic mass is 16.6. The van der Waals surface area contributed by atoms with Gasteiger partial charge in [0.05, 0.1) is 5.60 Å². The fraction of sp³-hybridized carbons (Fsp3) is 0.857. The SMILES string of the molecule is CCC(C)(C)C(CC(C)(C)C)C1C=C(OCC(O)OC(C)(C)C2CCCCC2)C=CC1. The molecule has 31 heavy (non-hydrogen) atoms. The summed E-state index contributed by atoms with van der Waals surface area (Å²) in [5.74, 6) is 2.45. The normalized spacial score (nSPS) is 23.4. The molecule has 1 fully saturated rings. The van der Waals surface area contributed by atoms with E-state index in [1.807, 2.05) is 0 Å². The summed E-state index contributed by atoms with van der Waals surface area (Å²) in [4.78, 5) is 0. The van der Waals surface area contributed by atoms with E-state index in [1.165, 1.54) is 44.9 Å². The topological polar surface area (TPSA) is 38.7 Å². The molecule has 0 aromatic carbocycles. The molecular formula is C28H50O3. The Morgan fingerprint density at radius 2 is 1.68 bits per heavy atom. The average Bonchev–Trinajstić information content (AvgIpc) is 2.70. The van der Waals surface area contributed by atoms with Crippen molar-refractivity contribution in [3.63, 3.8) is 0 Å². The molecule has 3 heteroatoms. The van der Waals surface area contributed by atoms with Crippen LogP contribution >= 0.6 is 0 Å². The smallest absolute Gasteiger partial charge is 0.189 e. The minimum absolute atomic E-state index is 0.181. The zero-order valence-corrected chi connectivity index (χ0v) is 21.7. The van der Waals surface area contributed by atoms with Gasteiger partial charge in [0.2, 0.25) is 0 Å². The van der Waals surface area contributed by atoms with Crippen LogP contribution in [-0.4, -0.2) is 23.6 Å². The van der Waals surface area contributed by atoms with Gasteiger partial charge in [-0.05, 0) is 80.3 Å². The molecule has 3 atom stereocenters. The van der Waals surface area contributed by atoms with Crippen LogP contribution in [0.2, 0.25) is 0 Å². The van der Waals surface area contributed by atoms with E-state index in [1.54, 1.807) is 0 Å². The Balaban J connectivity index is 1.98. The fourth-order valence-electron chi connectivity index (χ4n) is 5.43. The zero-order chi connectivity index (χ0) is 23.3. The van der Waals surface area contributed by atoms with E-state index in [0.29, 0.717) is 23.2 Å². The van der Waals surface area contributed by atoms with E-state index < -0.39 is 6.29 Å². The lowest BCUT2D eigenvalue weighted by Crippen LogP contribution is -2.40. The van der Waals surface area contributed by atoms with E-state index in [-0.39, 0.29) is 17.6 Å². The maximum Gasteiger partial charge on any atom is 0.189 e. The third-order valence-electron chi connectivity index (χ3n) is 7.75. The largest absolute Gasteiger partial charge is 0.489 e. The minimum Gasteiger partial charge on any atom is -0.489 e. The first-order chi connectivity index (χ1) is 14.3. The highest BCUT2D eigenvalue weighted by Crippen LogP contribution is 2.45. The number of allylic oxidation sites excluding steroid dienone is 3. The molecule has 0 amide bonds. The molecule has 3 unspecified atom stereocenters. The molecule has 0 aromatic heterocycles. The van der Waals surface area contributed by atoms with E-state index in [9.17, 15) is 5.11 Å². The summed E-state index contributed by atoms with van der Waals surface area (Å²) >= 11 is 0. The number of rotatable bonds is 10. The maximum atomic E-state index is 10.5. The number of aliphatic hydroxyl groups excluding tert-OH is 1. The molecule has 3 nitrogen and oxygen atoms in total. The van der Waals surface area contributed by atoms with Crippen LogP contribution in [0.25, 0.3) is 0 Å². The van der Waals surface area contributed by atoms with Gasteiger partial charge in [0.1, 0.15) is 12.4 Å². The molecule has 2 aliphatic rings. The monoisotopic (exact) mass is 434 g/mol. The quantitative estimate of drug-likeness (QED) is 0.359. The van der Waals surface area contributed by atoms with Crippen LogP contribution in [0.4, 0.5) is 0 Å². The molecule has 1 N–H and O–H groups in total. The molecule has 1 saturated carbocycles. The molecule has 0 spiro atoms. The van der Waals surface area contributed by atoms with Crippen LogP contribution in [0.5, 0.6) is 0 Å². The van der Waals surface area contributed by atoms with Gasteiger partial charge in [0.15, 0.2) is 6.29 Å². The second-order valence-corrected chi connectivity index (χ2v) is 12.4. The summed E-state index contributed by atoms with van der Waals surface area (Å²) in [5, 5.41) is 10.5. The number of ether oxygens (including phenoxy) is 2. The van der Waals surface area contributed by atoms with E-state index in [4.69, 9.17) is 9.47 Å². The predicted molar refractivity (Wildman–Crippen MR) is 131 cm³/mol. The van der Waals surface area contributed by atoms with Gasteiger partial charge in [0.25, 0.3) is 0 Å². The molecule has 0 radical (unpaired) electrons. The van der Waals surface area contributed by atoms with Gasteiger partial charge in [0, 0.05) is 0 Å². The van der Waals surface area contributed by atoms with E-state index in [0.717, 1.165) is 12.2 Å². The van der Waals surface area contributed by atoms with Crippen molar-refractivity contribution in [3.8, 4) is 0 Å². The standard InChI is InChI=1S/C28H50O3/c1-9-27(5,6)24(19-26(2,3)4)21-14-13-17-23(18-21)30-20-25(29)31-28(7,8)22-15-11-10-12-16-22/h13,17-18,21-22,24-25,29H,9-12,14-16,19-20H2,1-8H3. The first-order valence-corrected chi connectivity index (χ1v) is 12.7. The van der Waals surface area contributed by atoms with Crippen LogP contribution in [-0.2, 0) is 9.47 Å². The summed E-state index contributed by atoms with van der Waals surface area (Å²) in [5.41, 5.74) is 0.255. The second kappa shape index (κ2) is 10.9. The first-order valence-electron chi connectivity index (χ1n) is 12.7. The summed E-state index contributed by atoms with van der Waals surface area (Å²) in [6.45, 7) is 18.5. The van der Waals surface area contributed by atoms with E-state index in [2.05, 4.69) is 73.6 Å². The van der Waals surface area contributed by atoms with E-state index >= 15 is 0 Å². The summed E-state index contributed by atoms with van der Waals surface area (Å²) in [7, 11) is 0. The van der Waals surface area contributed by atoms with Gasteiger partial charge >= 0.3 is 0 Å². The number of hydrogen-bond acceptors (Lipinski definition) is 3. The Labute approximate surface area is 192 Å². The Bertz CT molecular complexity index is 602. The van der Waals surface area contributed by atoms with Crippen molar-refractivity contribution in [2.24, 2.45) is 28.6 Å². The Hall–Kier alpha value is -0.800. The zero-order valence-electron chi connectivity index (χ0n) is 21.7. The van der Waals surface area contributed by atoms with Crippen LogP contribution in [0.3, 0.4) is 0 Å². The lowest BCUT2D eigenvalue weighted by molar-refractivity contribution is -0.210. The number of aliphatic hydroxyl groups is 1. The van der Waals surface area contributed by atoms with Gasteiger partial charge < -0.3 is 14.6 Å². The summed E-state index contributed by atoms with van der Waals surface area (Å²) < 4.78 is 12.1. The highest BCUT2D eigenvalue weighted by Gasteiger charge is 2.37. The van der Waals surface area contributed by atoms with Gasteiger partial charge in [-0.2, -0.15) is 0 Å². The van der Waals surface area contributed by atoms with Crippen LogP contribution in [0, 0.1) is 28.6 Å². The van der Waals surface area contributed by atoms with Gasteiger partial charge in [-0.25, -0.2) is 0 Å². The average molecular weight is 435 g/mol. The van der Waals surface area contributed by atoms with Crippen molar-refractivity contribution in [2.45, 2.75) is 119 Å². The Morgan fingerprint density at radius 1 is 1.03 bits per heavy atom. The Kier molecular flexibility index (Phi) is 9.28. The molecule has 2 aliphatic carbocycles.